The number of fused-ring (bicyclic) bond motifs is 1. The summed E-state index contributed by atoms with van der Waals surface area (Å²) in [6.45, 7) is 0.972. The number of rotatable bonds is 7. The Kier molecular flexibility index (Phi) is 6.39. The Morgan fingerprint density at radius 2 is 2.17 bits per heavy atom. The van der Waals surface area contributed by atoms with Crippen molar-refractivity contribution in [2.75, 3.05) is 38.0 Å². The number of nitrogens with one attached hydrogen (secondary N) is 3. The van der Waals surface area contributed by atoms with Crippen LogP contribution in [0.1, 0.15) is 35.7 Å². The maximum Gasteiger partial charge on any atom is 0.274 e. The molecule has 2 aliphatic rings. The van der Waals surface area contributed by atoms with Gasteiger partial charge in [-0.05, 0) is 31.4 Å². The Balaban J connectivity index is 1.46. The lowest BCUT2D eigenvalue weighted by molar-refractivity contribution is -0.0609. The minimum Gasteiger partial charge on any atom is -0.379 e. The van der Waals surface area contributed by atoms with Gasteiger partial charge in [-0.15, -0.1) is 0 Å². The zero-order valence-corrected chi connectivity index (χ0v) is 19.5. The van der Waals surface area contributed by atoms with Crippen LogP contribution in [0.3, 0.4) is 0 Å². The maximum atomic E-state index is 13.7. The highest BCUT2D eigenvalue weighted by Crippen LogP contribution is 2.26. The second-order valence-electron chi connectivity index (χ2n) is 8.71. The summed E-state index contributed by atoms with van der Waals surface area (Å²) in [6, 6.07) is 4.50. The van der Waals surface area contributed by atoms with Crippen molar-refractivity contribution in [2.24, 2.45) is 0 Å². The molecule has 3 aromatic heterocycles. The molecule has 0 bridgehead atoms. The van der Waals surface area contributed by atoms with Crippen molar-refractivity contribution in [2.45, 2.75) is 43.6 Å². The molecule has 4 atom stereocenters. The molecule has 35 heavy (non-hydrogen) atoms. The molecule has 1 saturated carbocycles. The number of pyridine rings is 1. The number of halogens is 1. The lowest BCUT2D eigenvalue weighted by Gasteiger charge is -2.32. The van der Waals surface area contributed by atoms with E-state index in [4.69, 9.17) is 9.47 Å². The van der Waals surface area contributed by atoms with Crippen LogP contribution in [-0.2, 0) is 9.47 Å². The molecular weight excluding hydrogens is 457 g/mol. The summed E-state index contributed by atoms with van der Waals surface area (Å²) in [5.74, 6) is 0.475. The van der Waals surface area contributed by atoms with Gasteiger partial charge < -0.3 is 30.0 Å². The first kappa shape index (κ1) is 23.2. The van der Waals surface area contributed by atoms with Crippen LogP contribution in [0.4, 0.5) is 21.7 Å². The predicted octanol–water partition coefficient (Wildman–Crippen LogP) is 1.88. The lowest BCUT2D eigenvalue weighted by atomic mass is 9.90. The van der Waals surface area contributed by atoms with E-state index >= 15 is 0 Å². The van der Waals surface area contributed by atoms with Crippen LogP contribution in [-0.4, -0.2) is 70.8 Å². The van der Waals surface area contributed by atoms with Crippen LogP contribution in [0.5, 0.6) is 0 Å². The first-order valence-electron chi connectivity index (χ1n) is 11.6. The SMILES string of the molecule is CNc1cc(Nc2cccn([C@@H]3CCOC[C@@H]3OC)c2=O)nc2c(C(=O)N[C@H]3CC[C@@H]3F)cnn12. The van der Waals surface area contributed by atoms with E-state index in [9.17, 15) is 14.0 Å². The number of hydrogen-bond donors (Lipinski definition) is 3. The van der Waals surface area contributed by atoms with Crippen LogP contribution in [0.15, 0.2) is 35.4 Å². The van der Waals surface area contributed by atoms with Crippen LogP contribution in [0, 0.1) is 0 Å². The monoisotopic (exact) mass is 485 g/mol. The highest BCUT2D eigenvalue weighted by atomic mass is 19.1. The summed E-state index contributed by atoms with van der Waals surface area (Å²) in [6.07, 6.45) is 3.59. The first-order valence-corrected chi connectivity index (χ1v) is 11.6. The number of carbonyl (C=O) groups excluding carboxylic acids is 1. The van der Waals surface area contributed by atoms with Crippen LogP contribution < -0.4 is 21.5 Å². The number of nitrogens with zero attached hydrogens (tertiary/aromatic N) is 4. The fraction of sp³-hybridized carbons (Fsp3) is 0.478. The molecule has 1 amide bonds. The fourth-order valence-electron chi connectivity index (χ4n) is 4.48. The van der Waals surface area contributed by atoms with E-state index < -0.39 is 18.1 Å². The maximum absolute atomic E-state index is 13.7. The summed E-state index contributed by atoms with van der Waals surface area (Å²) in [5.41, 5.74) is 0.610. The third-order valence-corrected chi connectivity index (χ3v) is 6.65. The highest BCUT2D eigenvalue weighted by Gasteiger charge is 2.33. The molecule has 1 saturated heterocycles. The van der Waals surface area contributed by atoms with E-state index in [-0.39, 0.29) is 28.9 Å². The molecule has 5 rings (SSSR count). The number of ether oxygens (including phenoxy) is 2. The van der Waals surface area contributed by atoms with E-state index in [0.29, 0.717) is 49.8 Å². The molecule has 3 N–H and O–H groups in total. The average molecular weight is 486 g/mol. The third kappa shape index (κ3) is 4.34. The standard InChI is InChI=1S/C23H28FN7O4/c1-25-20-10-19(29-21-13(11-26-31(20)21)22(32)28-15-6-5-14(15)24)27-16-4-3-8-30(23(16)33)17-7-9-35-12-18(17)34-2/h3-4,8,10-11,14-15,17-18,25H,5-7,9,12H2,1-2H3,(H,27,29)(H,28,32)/t14-,15-,17+,18-/m0/s1. The van der Waals surface area contributed by atoms with Crippen molar-refractivity contribution in [3.8, 4) is 0 Å². The second-order valence-corrected chi connectivity index (χ2v) is 8.71. The second kappa shape index (κ2) is 9.62. The number of carbonyl (C=O) groups is 1. The molecule has 1 aliphatic heterocycles. The highest BCUT2D eigenvalue weighted by molar-refractivity contribution is 6.00. The molecule has 186 valence electrons. The number of hydrogen-bond acceptors (Lipinski definition) is 8. The lowest BCUT2D eigenvalue weighted by Crippen LogP contribution is -2.48. The van der Waals surface area contributed by atoms with Crippen molar-refractivity contribution in [1.82, 2.24) is 24.5 Å². The molecule has 0 spiro atoms. The van der Waals surface area contributed by atoms with Crippen molar-refractivity contribution >= 4 is 28.9 Å². The molecule has 0 unspecified atom stereocenters. The van der Waals surface area contributed by atoms with Crippen LogP contribution in [0.2, 0.25) is 0 Å². The van der Waals surface area contributed by atoms with Crippen LogP contribution >= 0.6 is 0 Å². The summed E-state index contributed by atoms with van der Waals surface area (Å²) >= 11 is 0. The van der Waals surface area contributed by atoms with Crippen molar-refractivity contribution in [3.63, 3.8) is 0 Å². The van der Waals surface area contributed by atoms with Gasteiger partial charge in [0, 0.05) is 33.0 Å². The number of methoxy groups -OCH3 is 1. The topological polar surface area (TPSA) is 124 Å². The number of aromatic nitrogens is 4. The minimum atomic E-state index is -1.03. The zero-order valence-electron chi connectivity index (χ0n) is 19.5. The molecule has 3 aromatic rings. The molecule has 1 aliphatic carbocycles. The molecule has 4 heterocycles. The zero-order chi connectivity index (χ0) is 24.5. The van der Waals surface area contributed by atoms with Gasteiger partial charge in [0.2, 0.25) is 0 Å². The summed E-state index contributed by atoms with van der Waals surface area (Å²) in [5, 5.41) is 13.1. The minimum absolute atomic E-state index is 0.151. The van der Waals surface area contributed by atoms with E-state index in [1.165, 1.54) is 10.7 Å². The van der Waals surface area contributed by atoms with Gasteiger partial charge in [-0.25, -0.2) is 9.37 Å². The molecule has 11 nitrogen and oxygen atoms in total. The predicted molar refractivity (Wildman–Crippen MR) is 127 cm³/mol. The molecule has 2 fully saturated rings. The van der Waals surface area contributed by atoms with Crippen LogP contribution in [0.25, 0.3) is 5.65 Å². The van der Waals surface area contributed by atoms with E-state index in [2.05, 4.69) is 26.0 Å². The molecule has 0 radical (unpaired) electrons. The van der Waals surface area contributed by atoms with Gasteiger partial charge in [-0.1, -0.05) is 0 Å². The molecule has 12 heteroatoms. The number of amides is 1. The fourth-order valence-corrected chi connectivity index (χ4v) is 4.48. The normalized spacial score (nSPS) is 24.1. The number of anilines is 3. The van der Waals surface area contributed by atoms with Crippen molar-refractivity contribution in [1.29, 1.82) is 0 Å². The van der Waals surface area contributed by atoms with Gasteiger partial charge in [0.1, 0.15) is 35.2 Å². The van der Waals surface area contributed by atoms with Crippen molar-refractivity contribution < 1.29 is 18.7 Å². The van der Waals surface area contributed by atoms with Gasteiger partial charge in [0.05, 0.1) is 24.9 Å². The quantitative estimate of drug-likeness (QED) is 0.464. The third-order valence-electron chi connectivity index (χ3n) is 6.65. The van der Waals surface area contributed by atoms with E-state index in [1.807, 2.05) is 0 Å². The smallest absolute Gasteiger partial charge is 0.274 e. The van der Waals surface area contributed by atoms with Gasteiger partial charge in [-0.3, -0.25) is 9.59 Å². The van der Waals surface area contributed by atoms with Gasteiger partial charge in [-0.2, -0.15) is 9.61 Å². The largest absolute Gasteiger partial charge is 0.379 e. The summed E-state index contributed by atoms with van der Waals surface area (Å²) < 4.78 is 27.8. The van der Waals surface area contributed by atoms with Gasteiger partial charge in [0.15, 0.2) is 5.65 Å². The average Bonchev–Trinajstić information content (AvgIpc) is 3.31. The Bertz CT molecular complexity index is 1290. The van der Waals surface area contributed by atoms with E-state index in [1.54, 1.807) is 43.1 Å². The molecule has 0 aromatic carbocycles. The Morgan fingerprint density at radius 1 is 1.31 bits per heavy atom. The summed E-state index contributed by atoms with van der Waals surface area (Å²) in [4.78, 5) is 30.6. The Morgan fingerprint density at radius 3 is 2.89 bits per heavy atom. The Labute approximate surface area is 200 Å². The van der Waals surface area contributed by atoms with Gasteiger partial charge in [0.25, 0.3) is 11.5 Å². The summed E-state index contributed by atoms with van der Waals surface area (Å²) in [7, 11) is 3.32. The Hall–Kier alpha value is -3.51. The number of alkyl halides is 1. The van der Waals surface area contributed by atoms with Gasteiger partial charge >= 0.3 is 0 Å². The van der Waals surface area contributed by atoms with Crippen molar-refractivity contribution in [3.05, 3.63) is 46.5 Å². The van der Waals surface area contributed by atoms with E-state index in [0.717, 1.165) is 0 Å². The molecular formula is C23H28FN7O4. The first-order chi connectivity index (χ1) is 17.0.